The second-order valence-corrected chi connectivity index (χ2v) is 3.68. The second kappa shape index (κ2) is 3.08. The largest absolute Gasteiger partial charge is 0.354 e. The van der Waals surface area contributed by atoms with Crippen molar-refractivity contribution in [1.29, 1.82) is 5.26 Å². The van der Waals surface area contributed by atoms with E-state index in [0.29, 0.717) is 6.61 Å². The molecule has 2 aromatic rings. The van der Waals surface area contributed by atoms with Crippen LogP contribution in [0.5, 0.6) is 0 Å². The summed E-state index contributed by atoms with van der Waals surface area (Å²) in [6, 6.07) is 14.3. The topological polar surface area (TPSA) is 33.0 Å². The molecule has 0 radical (unpaired) electrons. The average Bonchev–Trinajstić information content (AvgIpc) is 2.30. The predicted octanol–water partition coefficient (Wildman–Crippen LogP) is 2.93. The highest BCUT2D eigenvalue weighted by atomic mass is 16.5. The van der Waals surface area contributed by atoms with Crippen molar-refractivity contribution in [2.75, 3.05) is 0 Å². The Balaban J connectivity index is 2.42. The lowest BCUT2D eigenvalue weighted by Crippen LogP contribution is -2.09. The van der Waals surface area contributed by atoms with Crippen LogP contribution >= 0.6 is 0 Å². The minimum Gasteiger partial charge on any atom is -0.354 e. The Kier molecular flexibility index (Phi) is 1.74. The van der Waals surface area contributed by atoms with Gasteiger partial charge >= 0.3 is 0 Å². The third-order valence-electron chi connectivity index (χ3n) is 2.83. The van der Waals surface area contributed by atoms with Gasteiger partial charge in [0.05, 0.1) is 12.7 Å². The Hall–Kier alpha value is -1.85. The smallest absolute Gasteiger partial charge is 0.170 e. The summed E-state index contributed by atoms with van der Waals surface area (Å²) in [7, 11) is 0. The van der Waals surface area contributed by atoms with Crippen LogP contribution in [0.1, 0.15) is 17.2 Å². The van der Waals surface area contributed by atoms with Crippen LogP contribution in [-0.4, -0.2) is 0 Å². The molecule has 15 heavy (non-hydrogen) atoms. The Morgan fingerprint density at radius 1 is 1.20 bits per heavy atom. The molecule has 0 amide bonds. The van der Waals surface area contributed by atoms with Gasteiger partial charge in [-0.1, -0.05) is 36.4 Å². The van der Waals surface area contributed by atoms with Gasteiger partial charge in [0.15, 0.2) is 6.10 Å². The SMILES string of the molecule is N#CC1OCc2cccc3cccc1c23. The molecular weight excluding hydrogens is 186 g/mol. The fourth-order valence-electron chi connectivity index (χ4n) is 2.16. The van der Waals surface area contributed by atoms with Crippen LogP contribution in [0.2, 0.25) is 0 Å². The summed E-state index contributed by atoms with van der Waals surface area (Å²) in [6.07, 6.45) is -0.413. The average molecular weight is 195 g/mol. The zero-order valence-electron chi connectivity index (χ0n) is 8.10. The molecule has 2 nitrogen and oxygen atoms in total. The molecule has 2 aromatic carbocycles. The highest BCUT2D eigenvalue weighted by Crippen LogP contribution is 2.34. The maximum absolute atomic E-state index is 8.99. The van der Waals surface area contributed by atoms with Crippen molar-refractivity contribution in [3.8, 4) is 6.07 Å². The molecule has 1 atom stereocenters. The number of hydrogen-bond donors (Lipinski definition) is 0. The molecule has 1 unspecified atom stereocenters. The number of ether oxygens (including phenoxy) is 1. The summed E-state index contributed by atoms with van der Waals surface area (Å²) in [4.78, 5) is 0. The first kappa shape index (κ1) is 8.46. The van der Waals surface area contributed by atoms with Crippen molar-refractivity contribution in [2.45, 2.75) is 12.7 Å². The van der Waals surface area contributed by atoms with Crippen LogP contribution in [0.25, 0.3) is 10.8 Å². The Labute approximate surface area is 87.7 Å². The normalized spacial score (nSPS) is 18.7. The maximum Gasteiger partial charge on any atom is 0.170 e. The Morgan fingerprint density at radius 3 is 2.80 bits per heavy atom. The van der Waals surface area contributed by atoms with E-state index in [1.54, 1.807) is 0 Å². The Bertz CT molecular complexity index is 563. The molecule has 0 bridgehead atoms. The van der Waals surface area contributed by atoms with Crippen molar-refractivity contribution in [2.24, 2.45) is 0 Å². The zero-order chi connectivity index (χ0) is 10.3. The molecule has 1 aliphatic rings. The van der Waals surface area contributed by atoms with Crippen molar-refractivity contribution < 1.29 is 4.74 Å². The van der Waals surface area contributed by atoms with E-state index in [1.165, 1.54) is 16.3 Å². The highest BCUT2D eigenvalue weighted by molar-refractivity contribution is 5.89. The fraction of sp³-hybridized carbons (Fsp3) is 0.154. The van der Waals surface area contributed by atoms with Gasteiger partial charge in [-0.3, -0.25) is 0 Å². The quantitative estimate of drug-likeness (QED) is 0.647. The maximum atomic E-state index is 8.99. The summed E-state index contributed by atoms with van der Waals surface area (Å²) < 4.78 is 5.48. The van der Waals surface area contributed by atoms with E-state index in [0.717, 1.165) is 5.56 Å². The first-order chi connectivity index (χ1) is 7.40. The summed E-state index contributed by atoms with van der Waals surface area (Å²) in [5.74, 6) is 0. The summed E-state index contributed by atoms with van der Waals surface area (Å²) >= 11 is 0. The molecule has 0 N–H and O–H groups in total. The lowest BCUT2D eigenvalue weighted by atomic mass is 9.95. The molecule has 72 valence electrons. The third kappa shape index (κ3) is 1.14. The van der Waals surface area contributed by atoms with E-state index in [1.807, 2.05) is 18.2 Å². The van der Waals surface area contributed by atoms with Gasteiger partial charge in [-0.15, -0.1) is 0 Å². The van der Waals surface area contributed by atoms with Gasteiger partial charge < -0.3 is 4.74 Å². The molecule has 0 saturated carbocycles. The van der Waals surface area contributed by atoms with Crippen molar-refractivity contribution in [3.63, 3.8) is 0 Å². The number of nitrogens with zero attached hydrogens (tertiary/aromatic N) is 1. The van der Waals surface area contributed by atoms with Gasteiger partial charge in [-0.05, 0) is 16.3 Å². The van der Waals surface area contributed by atoms with Gasteiger partial charge in [-0.25, -0.2) is 0 Å². The van der Waals surface area contributed by atoms with Gasteiger partial charge in [0.2, 0.25) is 0 Å². The molecule has 1 heterocycles. The van der Waals surface area contributed by atoms with E-state index in [2.05, 4.69) is 24.3 Å². The minimum absolute atomic E-state index is 0.413. The van der Waals surface area contributed by atoms with E-state index in [-0.39, 0.29) is 0 Å². The van der Waals surface area contributed by atoms with Gasteiger partial charge in [-0.2, -0.15) is 5.26 Å². The first-order valence-corrected chi connectivity index (χ1v) is 4.92. The van der Waals surface area contributed by atoms with Crippen molar-refractivity contribution in [3.05, 3.63) is 47.5 Å². The van der Waals surface area contributed by atoms with Gasteiger partial charge in [0.25, 0.3) is 0 Å². The monoisotopic (exact) mass is 195 g/mol. The van der Waals surface area contributed by atoms with Crippen LogP contribution in [0.15, 0.2) is 36.4 Å². The van der Waals surface area contributed by atoms with Gasteiger partial charge in [0.1, 0.15) is 0 Å². The highest BCUT2D eigenvalue weighted by Gasteiger charge is 2.21. The zero-order valence-corrected chi connectivity index (χ0v) is 8.10. The third-order valence-corrected chi connectivity index (χ3v) is 2.83. The first-order valence-electron chi connectivity index (χ1n) is 4.92. The molecule has 0 fully saturated rings. The molecule has 0 aromatic heterocycles. The summed E-state index contributed by atoms with van der Waals surface area (Å²) in [5.41, 5.74) is 2.17. The van der Waals surface area contributed by atoms with E-state index in [4.69, 9.17) is 10.00 Å². The molecule has 1 aliphatic heterocycles. The lowest BCUT2D eigenvalue weighted by molar-refractivity contribution is 0.0728. The standard InChI is InChI=1S/C13H9NO/c14-7-12-11-6-2-4-9-3-1-5-10(8-15-12)13(9)11/h1-6,12H,8H2. The van der Waals surface area contributed by atoms with E-state index < -0.39 is 6.10 Å². The molecule has 2 heteroatoms. The van der Waals surface area contributed by atoms with Crippen LogP contribution in [0, 0.1) is 11.3 Å². The predicted molar refractivity (Wildman–Crippen MR) is 57.1 cm³/mol. The number of nitriles is 1. The molecule has 3 rings (SSSR count). The molecular formula is C13H9NO. The number of rotatable bonds is 0. The Morgan fingerprint density at radius 2 is 2.00 bits per heavy atom. The van der Waals surface area contributed by atoms with Gasteiger partial charge in [0, 0.05) is 5.56 Å². The van der Waals surface area contributed by atoms with E-state index in [9.17, 15) is 0 Å². The van der Waals surface area contributed by atoms with Crippen LogP contribution in [0.3, 0.4) is 0 Å². The minimum atomic E-state index is -0.413. The van der Waals surface area contributed by atoms with Crippen LogP contribution < -0.4 is 0 Å². The number of hydrogen-bond acceptors (Lipinski definition) is 2. The number of benzene rings is 2. The summed E-state index contributed by atoms with van der Waals surface area (Å²) in [5, 5.41) is 11.4. The van der Waals surface area contributed by atoms with Crippen LogP contribution in [0.4, 0.5) is 0 Å². The fourth-order valence-corrected chi connectivity index (χ4v) is 2.16. The molecule has 0 saturated heterocycles. The molecule has 0 aliphatic carbocycles. The van der Waals surface area contributed by atoms with Crippen molar-refractivity contribution in [1.82, 2.24) is 0 Å². The van der Waals surface area contributed by atoms with E-state index >= 15 is 0 Å². The summed E-state index contributed by atoms with van der Waals surface area (Å²) in [6.45, 7) is 0.534. The van der Waals surface area contributed by atoms with Crippen molar-refractivity contribution >= 4 is 10.8 Å². The molecule has 0 spiro atoms. The lowest BCUT2D eigenvalue weighted by Gasteiger charge is -2.21. The van der Waals surface area contributed by atoms with Crippen LogP contribution in [-0.2, 0) is 11.3 Å². The second-order valence-electron chi connectivity index (χ2n) is 3.68.